The van der Waals surface area contributed by atoms with Gasteiger partial charge in [0.15, 0.2) is 5.96 Å². The Balaban J connectivity index is 3.00. The van der Waals surface area contributed by atoms with Gasteiger partial charge < -0.3 is 11.1 Å². The molecule has 3 nitrogen and oxygen atoms in total. The van der Waals surface area contributed by atoms with Crippen LogP contribution in [0.1, 0.15) is 12.5 Å². The highest BCUT2D eigenvalue weighted by Gasteiger charge is 2.06. The average Bonchev–Trinajstić information content (AvgIpc) is 2.11. The van der Waals surface area contributed by atoms with Gasteiger partial charge in [-0.1, -0.05) is 0 Å². The maximum atomic E-state index is 5.69. The molecule has 0 fully saturated rings. The highest BCUT2D eigenvalue weighted by atomic mass is 79.9. The zero-order valence-electron chi connectivity index (χ0n) is 8.64. The van der Waals surface area contributed by atoms with Crippen molar-refractivity contribution in [1.29, 1.82) is 0 Å². The number of halogens is 2. The zero-order valence-corrected chi connectivity index (χ0v) is 11.8. The predicted molar refractivity (Wildman–Crippen MR) is 72.4 cm³/mol. The van der Waals surface area contributed by atoms with Crippen molar-refractivity contribution in [2.75, 3.05) is 11.9 Å². The quantitative estimate of drug-likeness (QED) is 0.644. The minimum Gasteiger partial charge on any atom is -0.370 e. The van der Waals surface area contributed by atoms with Gasteiger partial charge in [-0.2, -0.15) is 0 Å². The lowest BCUT2D eigenvalue weighted by Gasteiger charge is -2.10. The molecule has 3 N–H and O–H groups in total. The molecular formula is C10H13Br2N3. The van der Waals surface area contributed by atoms with Gasteiger partial charge in [0.05, 0.1) is 5.69 Å². The third-order valence-electron chi connectivity index (χ3n) is 1.77. The van der Waals surface area contributed by atoms with E-state index in [0.717, 1.165) is 14.6 Å². The van der Waals surface area contributed by atoms with Crippen molar-refractivity contribution < 1.29 is 0 Å². The molecule has 0 radical (unpaired) electrons. The van der Waals surface area contributed by atoms with Gasteiger partial charge in [0.1, 0.15) is 0 Å². The molecule has 0 atom stereocenters. The monoisotopic (exact) mass is 333 g/mol. The summed E-state index contributed by atoms with van der Waals surface area (Å²) in [6.45, 7) is 4.64. The Morgan fingerprint density at radius 1 is 1.40 bits per heavy atom. The van der Waals surface area contributed by atoms with E-state index in [2.05, 4.69) is 42.2 Å². The van der Waals surface area contributed by atoms with Gasteiger partial charge in [0, 0.05) is 15.5 Å². The van der Waals surface area contributed by atoms with Crippen molar-refractivity contribution in [2.45, 2.75) is 13.8 Å². The van der Waals surface area contributed by atoms with Crippen molar-refractivity contribution in [1.82, 2.24) is 0 Å². The van der Waals surface area contributed by atoms with Gasteiger partial charge in [-0.3, -0.25) is 4.99 Å². The smallest absolute Gasteiger partial charge is 0.193 e. The predicted octanol–water partition coefficient (Wildman–Crippen LogP) is 3.27. The summed E-state index contributed by atoms with van der Waals surface area (Å²) < 4.78 is 1.92. The number of hydrogen-bond acceptors (Lipinski definition) is 1. The number of nitrogens with two attached hydrogens (primary N) is 1. The number of nitrogens with zero attached hydrogens (tertiary/aromatic N) is 1. The van der Waals surface area contributed by atoms with E-state index in [0.29, 0.717) is 12.5 Å². The first kappa shape index (κ1) is 12.5. The molecule has 0 unspecified atom stereocenters. The van der Waals surface area contributed by atoms with Crippen molar-refractivity contribution >= 4 is 43.5 Å². The van der Waals surface area contributed by atoms with E-state index in [4.69, 9.17) is 5.73 Å². The summed E-state index contributed by atoms with van der Waals surface area (Å²) in [5.74, 6) is 0.419. The first-order chi connectivity index (χ1) is 7.04. The number of aryl methyl sites for hydroxylation is 1. The Kier molecular flexibility index (Phi) is 4.60. The van der Waals surface area contributed by atoms with E-state index in [1.54, 1.807) is 0 Å². The minimum atomic E-state index is 0.419. The molecule has 0 aromatic heterocycles. The molecule has 82 valence electrons. The van der Waals surface area contributed by atoms with E-state index < -0.39 is 0 Å². The first-order valence-electron chi connectivity index (χ1n) is 4.57. The maximum Gasteiger partial charge on any atom is 0.193 e. The molecule has 5 heteroatoms. The maximum absolute atomic E-state index is 5.69. The molecule has 0 aliphatic rings. The number of aliphatic imine (C=N–C) groups is 1. The second kappa shape index (κ2) is 5.51. The lowest BCUT2D eigenvalue weighted by atomic mass is 10.2. The molecular weight excluding hydrogens is 322 g/mol. The fraction of sp³-hybridized carbons (Fsp3) is 0.300. The third-order valence-corrected chi connectivity index (χ3v) is 3.02. The van der Waals surface area contributed by atoms with Crippen LogP contribution in [0.15, 0.2) is 26.1 Å². The van der Waals surface area contributed by atoms with Gasteiger partial charge in [0.25, 0.3) is 0 Å². The Bertz CT molecular complexity index is 365. The molecule has 0 aliphatic carbocycles. The topological polar surface area (TPSA) is 50.4 Å². The summed E-state index contributed by atoms with van der Waals surface area (Å²) in [6.07, 6.45) is 0. The van der Waals surface area contributed by atoms with Crippen LogP contribution >= 0.6 is 31.9 Å². The molecule has 15 heavy (non-hydrogen) atoms. The van der Waals surface area contributed by atoms with Crippen LogP contribution in [0.5, 0.6) is 0 Å². The molecule has 1 aromatic rings. The van der Waals surface area contributed by atoms with Crippen molar-refractivity contribution in [2.24, 2.45) is 10.7 Å². The average molecular weight is 335 g/mol. The van der Waals surface area contributed by atoms with Crippen LogP contribution in [0.3, 0.4) is 0 Å². The van der Waals surface area contributed by atoms with Crippen LogP contribution in [-0.2, 0) is 0 Å². The first-order valence-corrected chi connectivity index (χ1v) is 6.15. The van der Waals surface area contributed by atoms with E-state index >= 15 is 0 Å². The van der Waals surface area contributed by atoms with E-state index in [9.17, 15) is 0 Å². The summed E-state index contributed by atoms with van der Waals surface area (Å²) in [6, 6.07) is 4.04. The third kappa shape index (κ3) is 3.50. The summed E-state index contributed by atoms with van der Waals surface area (Å²) in [5, 5.41) is 3.04. The zero-order chi connectivity index (χ0) is 11.4. The molecule has 0 heterocycles. The van der Waals surface area contributed by atoms with Crippen LogP contribution in [0.2, 0.25) is 0 Å². The Morgan fingerprint density at radius 3 is 2.40 bits per heavy atom. The van der Waals surface area contributed by atoms with Crippen molar-refractivity contribution in [3.63, 3.8) is 0 Å². The largest absolute Gasteiger partial charge is 0.370 e. The van der Waals surface area contributed by atoms with E-state index in [1.165, 1.54) is 5.56 Å². The van der Waals surface area contributed by atoms with E-state index in [-0.39, 0.29) is 0 Å². The van der Waals surface area contributed by atoms with E-state index in [1.807, 2.05) is 26.0 Å². The number of anilines is 1. The lowest BCUT2D eigenvalue weighted by molar-refractivity contribution is 1.12. The standard InChI is InChI=1S/C10H13Br2N3/c1-3-14-10(13)15-9-7(11)4-6(2)5-8(9)12/h4-5H,3H2,1-2H3,(H3,13,14,15). The summed E-state index contributed by atoms with van der Waals surface area (Å²) >= 11 is 6.95. The fourth-order valence-corrected chi connectivity index (χ4v) is 2.77. The second-order valence-corrected chi connectivity index (χ2v) is 4.80. The number of guanidine groups is 1. The highest BCUT2D eigenvalue weighted by molar-refractivity contribution is 9.11. The van der Waals surface area contributed by atoms with Crippen LogP contribution in [0.4, 0.5) is 5.69 Å². The van der Waals surface area contributed by atoms with Crippen molar-refractivity contribution in [3.05, 3.63) is 26.6 Å². The summed E-state index contributed by atoms with van der Waals surface area (Å²) in [4.78, 5) is 4.07. The molecule has 0 aliphatic heterocycles. The number of benzene rings is 1. The van der Waals surface area contributed by atoms with Gasteiger partial charge in [0.2, 0.25) is 0 Å². The Hall–Kier alpha value is -0.550. The molecule has 0 bridgehead atoms. The van der Waals surface area contributed by atoms with Gasteiger partial charge in [-0.15, -0.1) is 0 Å². The summed E-state index contributed by atoms with van der Waals surface area (Å²) in [5.41, 5.74) is 7.76. The molecule has 0 spiro atoms. The molecule has 1 aromatic carbocycles. The SMILES string of the molecule is CCN=C(N)Nc1c(Br)cc(C)cc1Br. The highest BCUT2D eigenvalue weighted by Crippen LogP contribution is 2.31. The molecule has 0 saturated heterocycles. The number of nitrogens with one attached hydrogen (secondary N) is 1. The van der Waals surface area contributed by atoms with Crippen LogP contribution in [0, 0.1) is 6.92 Å². The molecule has 0 amide bonds. The Morgan fingerprint density at radius 2 is 1.93 bits per heavy atom. The van der Waals surface area contributed by atoms with Crippen LogP contribution < -0.4 is 11.1 Å². The van der Waals surface area contributed by atoms with Crippen molar-refractivity contribution in [3.8, 4) is 0 Å². The summed E-state index contributed by atoms with van der Waals surface area (Å²) in [7, 11) is 0. The van der Waals surface area contributed by atoms with Gasteiger partial charge >= 0.3 is 0 Å². The normalized spacial score (nSPS) is 11.6. The number of rotatable bonds is 2. The second-order valence-electron chi connectivity index (χ2n) is 3.09. The van der Waals surface area contributed by atoms with Gasteiger partial charge in [-0.25, -0.2) is 0 Å². The minimum absolute atomic E-state index is 0.419. The van der Waals surface area contributed by atoms with Crippen LogP contribution in [-0.4, -0.2) is 12.5 Å². The fourth-order valence-electron chi connectivity index (χ4n) is 1.16. The lowest BCUT2D eigenvalue weighted by Crippen LogP contribution is -2.23. The number of hydrogen-bond donors (Lipinski definition) is 2. The molecule has 0 saturated carbocycles. The Labute approximate surface area is 106 Å². The van der Waals surface area contributed by atoms with Gasteiger partial charge in [-0.05, 0) is 63.4 Å². The molecule has 1 rings (SSSR count). The van der Waals surface area contributed by atoms with Crippen LogP contribution in [0.25, 0.3) is 0 Å².